The maximum Gasteiger partial charge on any atom is 0.300 e. The summed E-state index contributed by atoms with van der Waals surface area (Å²) < 4.78 is 11.3. The number of ketones is 1. The van der Waals surface area contributed by atoms with Gasteiger partial charge < -0.3 is 14.6 Å². The van der Waals surface area contributed by atoms with E-state index in [1.165, 1.54) is 4.90 Å². The maximum absolute atomic E-state index is 13.3. The summed E-state index contributed by atoms with van der Waals surface area (Å²) in [5, 5.41) is 11.4. The van der Waals surface area contributed by atoms with Crippen molar-refractivity contribution in [2.24, 2.45) is 0 Å². The van der Waals surface area contributed by atoms with Gasteiger partial charge in [0.15, 0.2) is 0 Å². The second-order valence-electron chi connectivity index (χ2n) is 7.79. The molecule has 0 spiro atoms. The molecule has 4 rings (SSSR count). The topological polar surface area (TPSA) is 89.0 Å². The van der Waals surface area contributed by atoms with Crippen LogP contribution in [0.1, 0.15) is 36.7 Å². The number of benzene rings is 2. The molecule has 1 aromatic heterocycles. The molecular formula is C27H26N2O5. The lowest BCUT2D eigenvalue weighted by Gasteiger charge is -2.25. The van der Waals surface area contributed by atoms with Gasteiger partial charge in [-0.05, 0) is 62.7 Å². The number of aromatic nitrogens is 1. The zero-order valence-corrected chi connectivity index (χ0v) is 19.3. The minimum absolute atomic E-state index is 0.0460. The number of pyridine rings is 1. The summed E-state index contributed by atoms with van der Waals surface area (Å²) in [5.74, 6) is -0.912. The van der Waals surface area contributed by atoms with Crippen LogP contribution in [-0.4, -0.2) is 35.0 Å². The van der Waals surface area contributed by atoms with E-state index in [4.69, 9.17) is 9.47 Å². The first-order valence-corrected chi connectivity index (χ1v) is 11.1. The van der Waals surface area contributed by atoms with Gasteiger partial charge in [-0.2, -0.15) is 0 Å². The number of hydrogen-bond acceptors (Lipinski definition) is 6. The normalized spacial score (nSPS) is 17.1. The molecule has 0 saturated carbocycles. The fourth-order valence-electron chi connectivity index (χ4n) is 4.07. The van der Waals surface area contributed by atoms with Crippen molar-refractivity contribution in [1.29, 1.82) is 0 Å². The summed E-state index contributed by atoms with van der Waals surface area (Å²) in [4.78, 5) is 32.4. The van der Waals surface area contributed by atoms with Crippen molar-refractivity contribution >= 4 is 23.1 Å². The van der Waals surface area contributed by atoms with Gasteiger partial charge in [0.1, 0.15) is 23.3 Å². The van der Waals surface area contributed by atoms with Crippen molar-refractivity contribution in [3.05, 3.63) is 89.3 Å². The number of aliphatic hydroxyl groups excluding tert-OH is 1. The van der Waals surface area contributed by atoms with E-state index in [0.29, 0.717) is 41.7 Å². The Hall–Kier alpha value is -4.13. The van der Waals surface area contributed by atoms with Gasteiger partial charge in [-0.25, -0.2) is 0 Å². The standard InChI is InChI=1S/C27H26N2O5/c1-4-33-19-12-13-20(22(16-19)34-5-2)25(30)23-24(21-11-6-7-14-28-21)29(27(32)26(23)31)18-10-8-9-17(3)15-18/h6-16,24,30H,4-5H2,1-3H3/b25-23-. The summed E-state index contributed by atoms with van der Waals surface area (Å²) in [6, 6.07) is 16.6. The summed E-state index contributed by atoms with van der Waals surface area (Å²) >= 11 is 0. The van der Waals surface area contributed by atoms with Gasteiger partial charge in [-0.3, -0.25) is 19.5 Å². The number of hydrogen-bond donors (Lipinski definition) is 1. The maximum atomic E-state index is 13.3. The van der Waals surface area contributed by atoms with Crippen LogP contribution < -0.4 is 14.4 Å². The Balaban J connectivity index is 1.93. The van der Waals surface area contributed by atoms with Crippen LogP contribution in [0.3, 0.4) is 0 Å². The molecule has 1 aliphatic rings. The third-order valence-corrected chi connectivity index (χ3v) is 5.51. The molecule has 7 nitrogen and oxygen atoms in total. The van der Waals surface area contributed by atoms with Crippen LogP contribution in [0.2, 0.25) is 0 Å². The fourth-order valence-corrected chi connectivity index (χ4v) is 4.07. The van der Waals surface area contributed by atoms with Crippen molar-refractivity contribution in [3.63, 3.8) is 0 Å². The lowest BCUT2D eigenvalue weighted by atomic mass is 9.97. The zero-order chi connectivity index (χ0) is 24.2. The smallest absolute Gasteiger partial charge is 0.300 e. The predicted molar refractivity (Wildman–Crippen MR) is 129 cm³/mol. The minimum Gasteiger partial charge on any atom is -0.507 e. The molecule has 1 N–H and O–H groups in total. The molecule has 3 aromatic rings. The Morgan fingerprint density at radius 2 is 1.79 bits per heavy atom. The monoisotopic (exact) mass is 458 g/mol. The first-order chi connectivity index (χ1) is 16.5. The molecule has 174 valence electrons. The number of Topliss-reactive ketones (excluding diaryl/α,β-unsaturated/α-hetero) is 1. The number of amides is 1. The highest BCUT2D eigenvalue weighted by Gasteiger charge is 2.47. The second-order valence-corrected chi connectivity index (χ2v) is 7.79. The molecule has 0 radical (unpaired) electrons. The van der Waals surface area contributed by atoms with Crippen LogP contribution in [0.15, 0.2) is 72.4 Å². The molecule has 1 aliphatic heterocycles. The van der Waals surface area contributed by atoms with E-state index in [9.17, 15) is 14.7 Å². The van der Waals surface area contributed by atoms with Crippen molar-refractivity contribution in [2.75, 3.05) is 18.1 Å². The van der Waals surface area contributed by atoms with Gasteiger partial charge in [0.2, 0.25) is 0 Å². The average Bonchev–Trinajstić information content (AvgIpc) is 3.10. The number of aryl methyl sites for hydroxylation is 1. The predicted octanol–water partition coefficient (Wildman–Crippen LogP) is 4.81. The Morgan fingerprint density at radius 1 is 1.00 bits per heavy atom. The molecule has 7 heteroatoms. The van der Waals surface area contributed by atoms with Crippen molar-refractivity contribution in [1.82, 2.24) is 4.98 Å². The van der Waals surface area contributed by atoms with Gasteiger partial charge in [-0.15, -0.1) is 0 Å². The molecule has 1 unspecified atom stereocenters. The lowest BCUT2D eigenvalue weighted by Crippen LogP contribution is -2.29. The number of carbonyl (C=O) groups excluding carboxylic acids is 2. The Morgan fingerprint density at radius 3 is 2.47 bits per heavy atom. The van der Waals surface area contributed by atoms with E-state index in [-0.39, 0.29) is 11.3 Å². The largest absolute Gasteiger partial charge is 0.507 e. The van der Waals surface area contributed by atoms with E-state index in [1.807, 2.05) is 39.0 Å². The lowest BCUT2D eigenvalue weighted by molar-refractivity contribution is -0.132. The average molecular weight is 459 g/mol. The van der Waals surface area contributed by atoms with Crippen molar-refractivity contribution in [2.45, 2.75) is 26.8 Å². The molecule has 1 amide bonds. The molecule has 1 saturated heterocycles. The van der Waals surface area contributed by atoms with Crippen molar-refractivity contribution in [3.8, 4) is 11.5 Å². The molecule has 1 fully saturated rings. The number of rotatable bonds is 7. The molecule has 2 heterocycles. The summed E-state index contributed by atoms with van der Waals surface area (Å²) in [5.41, 5.74) is 2.20. The van der Waals surface area contributed by atoms with Crippen molar-refractivity contribution < 1.29 is 24.2 Å². The molecular weight excluding hydrogens is 432 g/mol. The summed E-state index contributed by atoms with van der Waals surface area (Å²) in [6.07, 6.45) is 1.59. The number of nitrogens with zero attached hydrogens (tertiary/aromatic N) is 2. The van der Waals surface area contributed by atoms with E-state index < -0.39 is 17.7 Å². The molecule has 34 heavy (non-hydrogen) atoms. The van der Waals surface area contributed by atoms with Crippen LogP contribution in [0.5, 0.6) is 11.5 Å². The highest BCUT2D eigenvalue weighted by molar-refractivity contribution is 6.51. The van der Waals surface area contributed by atoms with Gasteiger partial charge in [0.05, 0.1) is 30.0 Å². The third-order valence-electron chi connectivity index (χ3n) is 5.51. The third kappa shape index (κ3) is 4.24. The van der Waals surface area contributed by atoms with Gasteiger partial charge in [0.25, 0.3) is 11.7 Å². The second kappa shape index (κ2) is 9.79. The highest BCUT2D eigenvalue weighted by atomic mass is 16.5. The molecule has 1 atom stereocenters. The van der Waals surface area contributed by atoms with Crippen LogP contribution in [0.25, 0.3) is 5.76 Å². The first-order valence-electron chi connectivity index (χ1n) is 11.1. The first kappa shape index (κ1) is 23.0. The van der Waals surface area contributed by atoms with Gasteiger partial charge >= 0.3 is 0 Å². The number of ether oxygens (including phenoxy) is 2. The summed E-state index contributed by atoms with van der Waals surface area (Å²) in [6.45, 7) is 6.41. The Kier molecular flexibility index (Phi) is 6.63. The molecule has 0 bridgehead atoms. The fraction of sp³-hybridized carbons (Fsp3) is 0.222. The number of anilines is 1. The van der Waals surface area contributed by atoms with Crippen LogP contribution in [0.4, 0.5) is 5.69 Å². The van der Waals surface area contributed by atoms with Crippen LogP contribution in [0, 0.1) is 6.92 Å². The van der Waals surface area contributed by atoms with E-state index in [0.717, 1.165) is 5.56 Å². The van der Waals surface area contributed by atoms with Gasteiger partial charge in [-0.1, -0.05) is 18.2 Å². The quantitative estimate of drug-likeness (QED) is 0.310. The van der Waals surface area contributed by atoms with E-state index >= 15 is 0 Å². The number of aliphatic hydroxyl groups is 1. The highest BCUT2D eigenvalue weighted by Crippen LogP contribution is 2.43. The van der Waals surface area contributed by atoms with E-state index in [1.54, 1.807) is 48.7 Å². The Labute approximate surface area is 198 Å². The summed E-state index contributed by atoms with van der Waals surface area (Å²) in [7, 11) is 0. The molecule has 0 aliphatic carbocycles. The zero-order valence-electron chi connectivity index (χ0n) is 19.3. The van der Waals surface area contributed by atoms with Crippen LogP contribution >= 0.6 is 0 Å². The number of carbonyl (C=O) groups is 2. The Bertz CT molecular complexity index is 1250. The van der Waals surface area contributed by atoms with E-state index in [2.05, 4.69) is 4.98 Å². The van der Waals surface area contributed by atoms with Gasteiger partial charge in [0, 0.05) is 18.0 Å². The molecule has 2 aromatic carbocycles. The SMILES string of the molecule is CCOc1ccc(/C(O)=C2/C(=O)C(=O)N(c3cccc(C)c3)C2c2ccccn2)c(OCC)c1. The minimum atomic E-state index is -0.899. The van der Waals surface area contributed by atoms with Crippen LogP contribution in [-0.2, 0) is 9.59 Å².